The van der Waals surface area contributed by atoms with E-state index in [1.165, 1.54) is 6.33 Å². The van der Waals surface area contributed by atoms with E-state index in [0.717, 1.165) is 24.7 Å². The Hall–Kier alpha value is -3.41. The first kappa shape index (κ1) is 28.1. The number of rotatable bonds is 11. The van der Waals surface area contributed by atoms with Gasteiger partial charge in [-0.1, -0.05) is 41.4 Å². The highest BCUT2D eigenvalue weighted by Gasteiger charge is 2.41. The number of aromatic nitrogens is 4. The van der Waals surface area contributed by atoms with Crippen molar-refractivity contribution in [1.82, 2.24) is 24.2 Å². The topological polar surface area (TPSA) is 125 Å². The number of hydrogen-bond donors (Lipinski definition) is 1. The van der Waals surface area contributed by atoms with Gasteiger partial charge in [0.1, 0.15) is 23.5 Å². The number of carbonyl (C=O) groups is 1. The van der Waals surface area contributed by atoms with Crippen LogP contribution in [-0.4, -0.2) is 52.3 Å². The third-order valence-corrected chi connectivity index (χ3v) is 7.56. The fraction of sp³-hybridized carbons (Fsp3) is 0.333. The Kier molecular flexibility index (Phi) is 7.89. The Morgan fingerprint density at radius 1 is 1.15 bits per heavy atom. The van der Waals surface area contributed by atoms with Gasteiger partial charge >= 0.3 is 0 Å². The molecule has 1 aliphatic rings. The largest absolute Gasteiger partial charge is 0.492 e. The van der Waals surface area contributed by atoms with Gasteiger partial charge in [-0.25, -0.2) is 18.4 Å². The molecule has 0 spiro atoms. The van der Waals surface area contributed by atoms with Gasteiger partial charge in [-0.15, -0.1) is 0 Å². The minimum Gasteiger partial charge on any atom is -0.492 e. The van der Waals surface area contributed by atoms with Crippen molar-refractivity contribution < 1.29 is 22.7 Å². The molecule has 10 nitrogen and oxygen atoms in total. The van der Waals surface area contributed by atoms with E-state index in [0.29, 0.717) is 57.2 Å². The van der Waals surface area contributed by atoms with Crippen molar-refractivity contribution in [2.75, 3.05) is 12.9 Å². The number of benzene rings is 2. The van der Waals surface area contributed by atoms with Gasteiger partial charge in [0.15, 0.2) is 11.2 Å². The molecule has 0 aliphatic heterocycles. The van der Waals surface area contributed by atoms with Crippen molar-refractivity contribution >= 4 is 50.3 Å². The summed E-state index contributed by atoms with van der Waals surface area (Å²) < 4.78 is 38.4. The number of ether oxygens (including phenoxy) is 2. The summed E-state index contributed by atoms with van der Waals surface area (Å²) in [6.07, 6.45) is 4.56. The summed E-state index contributed by atoms with van der Waals surface area (Å²) in [4.78, 5) is 25.6. The van der Waals surface area contributed by atoms with Crippen molar-refractivity contribution in [3.63, 3.8) is 0 Å². The first-order valence-electron chi connectivity index (χ1n) is 12.6. The van der Waals surface area contributed by atoms with Crippen molar-refractivity contribution in [3.05, 3.63) is 64.4 Å². The van der Waals surface area contributed by atoms with Crippen LogP contribution in [0.25, 0.3) is 22.6 Å². The van der Waals surface area contributed by atoms with Gasteiger partial charge in [0.05, 0.1) is 24.4 Å². The lowest BCUT2D eigenvalue weighted by Gasteiger charge is -2.13. The Labute approximate surface area is 241 Å². The van der Waals surface area contributed by atoms with Crippen LogP contribution in [0.3, 0.4) is 0 Å². The molecule has 2 heterocycles. The first-order chi connectivity index (χ1) is 19.0. The van der Waals surface area contributed by atoms with Crippen LogP contribution in [0, 0.1) is 0 Å². The Morgan fingerprint density at radius 3 is 2.65 bits per heavy atom. The average molecular weight is 605 g/mol. The van der Waals surface area contributed by atoms with E-state index in [1.54, 1.807) is 12.1 Å². The number of imidazole rings is 1. The number of carbonyl (C=O) groups excluding carboxylic acids is 1. The van der Waals surface area contributed by atoms with Gasteiger partial charge in [0.25, 0.3) is 0 Å². The summed E-state index contributed by atoms with van der Waals surface area (Å²) in [6.45, 7) is 2.60. The zero-order chi connectivity index (χ0) is 28.5. The summed E-state index contributed by atoms with van der Waals surface area (Å²) in [6, 6.07) is 12.9. The SMILES string of the molecule is CC1(Oc2ncnc3c2nc(-c2cccc(OCCCC(=O)NS(C)(=O)=O)c2Cl)n3Cc2cccc(Cl)c2)CC1. The highest BCUT2D eigenvalue weighted by molar-refractivity contribution is 7.89. The van der Waals surface area contributed by atoms with E-state index < -0.39 is 15.9 Å². The van der Waals surface area contributed by atoms with Crippen molar-refractivity contribution in [2.24, 2.45) is 0 Å². The van der Waals surface area contributed by atoms with Crippen LogP contribution >= 0.6 is 23.2 Å². The molecule has 1 aliphatic carbocycles. The van der Waals surface area contributed by atoms with Crippen molar-refractivity contribution in [1.29, 1.82) is 0 Å². The zero-order valence-electron chi connectivity index (χ0n) is 21.9. The molecule has 0 unspecified atom stereocenters. The summed E-state index contributed by atoms with van der Waals surface area (Å²) >= 11 is 13.1. The van der Waals surface area contributed by atoms with Crippen LogP contribution in [0.1, 0.15) is 38.2 Å². The number of nitrogens with one attached hydrogen (secondary N) is 1. The molecule has 0 bridgehead atoms. The third-order valence-electron chi connectivity index (χ3n) is 6.33. The lowest BCUT2D eigenvalue weighted by Crippen LogP contribution is -2.29. The zero-order valence-corrected chi connectivity index (χ0v) is 24.2. The van der Waals surface area contributed by atoms with E-state index in [4.69, 9.17) is 37.7 Å². The van der Waals surface area contributed by atoms with Gasteiger partial charge in [-0.05, 0) is 56.0 Å². The standard InChI is InChI=1S/C27H27Cl2N5O5S/c1-27(11-12-27)39-26-23-25(30-16-31-26)34(15-17-6-3-7-18(28)14-17)24(32-23)19-8-4-9-20(22(19)29)38-13-5-10-21(35)33-40(2,36)37/h3-4,6-9,14,16H,5,10-13,15H2,1-2H3,(H,33,35). The summed E-state index contributed by atoms with van der Waals surface area (Å²) in [5.74, 6) is 0.758. The highest BCUT2D eigenvalue weighted by Crippen LogP contribution is 2.42. The summed E-state index contributed by atoms with van der Waals surface area (Å²) in [7, 11) is -3.60. The second-order valence-electron chi connectivity index (χ2n) is 9.92. The van der Waals surface area contributed by atoms with Crippen LogP contribution in [0.2, 0.25) is 10.0 Å². The number of amides is 1. The molecule has 1 amide bonds. The smallest absolute Gasteiger partial charge is 0.245 e. The van der Waals surface area contributed by atoms with Crippen LogP contribution < -0.4 is 14.2 Å². The molecule has 2 aromatic heterocycles. The molecule has 5 rings (SSSR count). The maximum Gasteiger partial charge on any atom is 0.245 e. The molecule has 0 saturated heterocycles. The second-order valence-corrected chi connectivity index (χ2v) is 12.5. The van der Waals surface area contributed by atoms with Gasteiger partial charge in [-0.3, -0.25) is 9.52 Å². The maximum atomic E-state index is 11.8. The predicted octanol–water partition coefficient (Wildman–Crippen LogP) is 5.01. The van der Waals surface area contributed by atoms with Crippen molar-refractivity contribution in [2.45, 2.75) is 44.8 Å². The molecule has 2 aromatic carbocycles. The predicted molar refractivity (Wildman–Crippen MR) is 152 cm³/mol. The van der Waals surface area contributed by atoms with E-state index >= 15 is 0 Å². The number of nitrogens with zero attached hydrogens (tertiary/aromatic N) is 4. The molecule has 210 valence electrons. The molecule has 13 heteroatoms. The van der Waals surface area contributed by atoms with E-state index in [9.17, 15) is 13.2 Å². The minimum atomic E-state index is -3.60. The van der Waals surface area contributed by atoms with Crippen LogP contribution in [0.4, 0.5) is 0 Å². The molecule has 1 N–H and O–H groups in total. The van der Waals surface area contributed by atoms with Gasteiger partial charge in [0.2, 0.25) is 21.8 Å². The monoisotopic (exact) mass is 603 g/mol. The normalized spacial score (nSPS) is 14.2. The Morgan fingerprint density at radius 2 is 1.93 bits per heavy atom. The number of hydrogen-bond acceptors (Lipinski definition) is 8. The quantitative estimate of drug-likeness (QED) is 0.237. The lowest BCUT2D eigenvalue weighted by atomic mass is 10.1. The third kappa shape index (κ3) is 6.65. The van der Waals surface area contributed by atoms with Crippen LogP contribution in [-0.2, 0) is 21.4 Å². The minimum absolute atomic E-state index is 0.0137. The van der Waals surface area contributed by atoms with E-state index in [2.05, 4.69) is 9.97 Å². The fourth-order valence-corrected chi connectivity index (χ4v) is 5.14. The second kappa shape index (κ2) is 11.2. The van der Waals surface area contributed by atoms with Crippen LogP contribution in [0.15, 0.2) is 48.8 Å². The number of sulfonamides is 1. The molecular weight excluding hydrogens is 577 g/mol. The van der Waals surface area contributed by atoms with Gasteiger partial charge < -0.3 is 14.0 Å². The molecular formula is C27H27Cl2N5O5S. The first-order valence-corrected chi connectivity index (χ1v) is 15.2. The van der Waals surface area contributed by atoms with Gasteiger partial charge in [0, 0.05) is 17.0 Å². The van der Waals surface area contributed by atoms with Gasteiger partial charge in [-0.2, -0.15) is 4.98 Å². The average Bonchev–Trinajstić information content (AvgIpc) is 3.49. The van der Waals surface area contributed by atoms with Crippen LogP contribution in [0.5, 0.6) is 11.6 Å². The summed E-state index contributed by atoms with van der Waals surface area (Å²) in [5.41, 5.74) is 2.40. The Balaban J connectivity index is 1.47. The molecule has 40 heavy (non-hydrogen) atoms. The lowest BCUT2D eigenvalue weighted by molar-refractivity contribution is -0.119. The molecule has 1 saturated carbocycles. The molecule has 0 atom stereocenters. The summed E-state index contributed by atoms with van der Waals surface area (Å²) in [5, 5.41) is 0.942. The Bertz CT molecular complexity index is 1690. The molecule has 1 fully saturated rings. The molecule has 0 radical (unpaired) electrons. The molecule has 4 aromatic rings. The fourth-order valence-electron chi connectivity index (χ4n) is 4.14. The highest BCUT2D eigenvalue weighted by atomic mass is 35.5. The number of fused-ring (bicyclic) bond motifs is 1. The maximum absolute atomic E-state index is 11.8. The number of halogens is 2. The van der Waals surface area contributed by atoms with E-state index in [-0.39, 0.29) is 18.6 Å². The van der Waals surface area contributed by atoms with E-state index in [1.807, 2.05) is 46.5 Å². The van der Waals surface area contributed by atoms with Crippen molar-refractivity contribution in [3.8, 4) is 23.0 Å².